The van der Waals surface area contributed by atoms with E-state index in [1.54, 1.807) is 25.1 Å². The summed E-state index contributed by atoms with van der Waals surface area (Å²) >= 11 is 1.16. The Morgan fingerprint density at radius 3 is 2.88 bits per heavy atom. The average molecular weight is 232 g/mol. The molecule has 0 fully saturated rings. The Kier molecular flexibility index (Phi) is 2.70. The second-order valence-corrected chi connectivity index (χ2v) is 3.79. The van der Waals surface area contributed by atoms with Gasteiger partial charge in [-0.1, -0.05) is 0 Å². The molecule has 0 aliphatic rings. The van der Waals surface area contributed by atoms with Gasteiger partial charge in [0.2, 0.25) is 0 Å². The fourth-order valence-electron chi connectivity index (χ4n) is 1.12. The molecule has 0 aliphatic carbocycles. The summed E-state index contributed by atoms with van der Waals surface area (Å²) < 4.78 is 9.43. The summed E-state index contributed by atoms with van der Waals surface area (Å²) in [6.45, 7) is 1.78. The van der Waals surface area contributed by atoms with E-state index in [0.29, 0.717) is 28.0 Å². The molecule has 16 heavy (non-hydrogen) atoms. The fraction of sp³-hybridized carbons (Fsp3) is 0.100. The van der Waals surface area contributed by atoms with Crippen molar-refractivity contribution >= 4 is 17.2 Å². The number of nitrogen functional groups attached to an aromatic ring is 1. The van der Waals surface area contributed by atoms with Gasteiger partial charge in [0.1, 0.15) is 5.82 Å². The predicted molar refractivity (Wildman–Crippen MR) is 60.3 cm³/mol. The Morgan fingerprint density at radius 2 is 2.31 bits per heavy atom. The van der Waals surface area contributed by atoms with Crippen LogP contribution in [0.2, 0.25) is 0 Å². The topological polar surface area (TPSA) is 84.8 Å². The molecule has 0 bridgehead atoms. The van der Waals surface area contributed by atoms with Gasteiger partial charge < -0.3 is 10.5 Å². The standard InChI is InChI=1S/C10H8N4OS/c1-6-13-10(16-14-6)15-9-3-2-7(5-11)4-8(9)12/h2-4H,12H2,1H3. The Hall–Kier alpha value is -2.13. The number of hydrogen-bond donors (Lipinski definition) is 1. The highest BCUT2D eigenvalue weighted by Gasteiger charge is 2.06. The van der Waals surface area contributed by atoms with Crippen LogP contribution in [0.4, 0.5) is 5.69 Å². The number of ether oxygens (including phenoxy) is 1. The third-order valence-corrected chi connectivity index (χ3v) is 2.53. The van der Waals surface area contributed by atoms with E-state index in [9.17, 15) is 0 Å². The van der Waals surface area contributed by atoms with E-state index in [4.69, 9.17) is 15.7 Å². The second-order valence-electron chi connectivity index (χ2n) is 3.07. The third kappa shape index (κ3) is 2.10. The second kappa shape index (κ2) is 4.16. The minimum absolute atomic E-state index is 0.409. The average Bonchev–Trinajstić information content (AvgIpc) is 2.67. The molecule has 2 rings (SSSR count). The fourth-order valence-corrected chi connectivity index (χ4v) is 1.68. The third-order valence-electron chi connectivity index (χ3n) is 1.85. The minimum atomic E-state index is 0.409. The molecule has 80 valence electrons. The van der Waals surface area contributed by atoms with Crippen LogP contribution in [0.1, 0.15) is 11.4 Å². The molecule has 2 N–H and O–H groups in total. The van der Waals surface area contributed by atoms with E-state index >= 15 is 0 Å². The smallest absolute Gasteiger partial charge is 0.298 e. The van der Waals surface area contributed by atoms with Gasteiger partial charge in [-0.3, -0.25) is 0 Å². The monoisotopic (exact) mass is 232 g/mol. The molecule has 0 saturated heterocycles. The predicted octanol–water partition coefficient (Wildman–Crippen LogP) is 2.09. The van der Waals surface area contributed by atoms with Crippen LogP contribution in [0.25, 0.3) is 0 Å². The summed E-state index contributed by atoms with van der Waals surface area (Å²) in [4.78, 5) is 4.05. The molecule has 1 aromatic carbocycles. The van der Waals surface area contributed by atoms with Crippen molar-refractivity contribution in [1.82, 2.24) is 9.36 Å². The number of aromatic nitrogens is 2. The van der Waals surface area contributed by atoms with Gasteiger partial charge in [0.05, 0.1) is 17.3 Å². The molecule has 0 saturated carbocycles. The Balaban J connectivity index is 2.26. The van der Waals surface area contributed by atoms with Gasteiger partial charge in [-0.2, -0.15) is 14.6 Å². The minimum Gasteiger partial charge on any atom is -0.428 e. The van der Waals surface area contributed by atoms with E-state index in [2.05, 4.69) is 9.36 Å². The van der Waals surface area contributed by atoms with Crippen LogP contribution >= 0.6 is 11.5 Å². The Morgan fingerprint density at radius 1 is 1.50 bits per heavy atom. The molecule has 6 heteroatoms. The van der Waals surface area contributed by atoms with Gasteiger partial charge >= 0.3 is 0 Å². The molecule has 0 radical (unpaired) electrons. The van der Waals surface area contributed by atoms with Crippen LogP contribution in [0.5, 0.6) is 10.9 Å². The van der Waals surface area contributed by atoms with Crippen LogP contribution in [-0.2, 0) is 0 Å². The number of anilines is 1. The largest absolute Gasteiger partial charge is 0.428 e. The van der Waals surface area contributed by atoms with Gasteiger partial charge in [-0.15, -0.1) is 0 Å². The van der Waals surface area contributed by atoms with Crippen molar-refractivity contribution in [2.45, 2.75) is 6.92 Å². The van der Waals surface area contributed by atoms with Gasteiger partial charge in [0, 0.05) is 11.5 Å². The van der Waals surface area contributed by atoms with Crippen molar-refractivity contribution in [3.63, 3.8) is 0 Å². The normalized spacial score (nSPS) is 9.75. The number of nitrogens with zero attached hydrogens (tertiary/aromatic N) is 3. The lowest BCUT2D eigenvalue weighted by Crippen LogP contribution is -1.92. The number of rotatable bonds is 2. The summed E-state index contributed by atoms with van der Waals surface area (Å²) in [5.74, 6) is 1.14. The van der Waals surface area contributed by atoms with Crippen molar-refractivity contribution in [3.8, 4) is 17.0 Å². The van der Waals surface area contributed by atoms with Crippen LogP contribution in [-0.4, -0.2) is 9.36 Å². The van der Waals surface area contributed by atoms with Crippen molar-refractivity contribution in [3.05, 3.63) is 29.6 Å². The van der Waals surface area contributed by atoms with Gasteiger partial charge in [-0.25, -0.2) is 0 Å². The zero-order chi connectivity index (χ0) is 11.5. The first kappa shape index (κ1) is 10.4. The van der Waals surface area contributed by atoms with Crippen molar-refractivity contribution in [2.75, 3.05) is 5.73 Å². The highest BCUT2D eigenvalue weighted by atomic mass is 32.1. The van der Waals surface area contributed by atoms with Crippen LogP contribution in [0.15, 0.2) is 18.2 Å². The summed E-state index contributed by atoms with van der Waals surface area (Å²) in [6.07, 6.45) is 0. The molecule has 1 heterocycles. The zero-order valence-corrected chi connectivity index (χ0v) is 9.28. The van der Waals surface area contributed by atoms with Crippen LogP contribution in [0.3, 0.4) is 0 Å². The number of hydrogen-bond acceptors (Lipinski definition) is 6. The highest BCUT2D eigenvalue weighted by molar-refractivity contribution is 7.07. The molecule has 0 aliphatic heterocycles. The van der Waals surface area contributed by atoms with E-state index in [0.717, 1.165) is 11.5 Å². The lowest BCUT2D eigenvalue weighted by molar-refractivity contribution is 0.480. The van der Waals surface area contributed by atoms with Gasteiger partial charge in [0.25, 0.3) is 5.19 Å². The van der Waals surface area contributed by atoms with E-state index in [-0.39, 0.29) is 0 Å². The number of aryl methyl sites for hydroxylation is 1. The molecule has 0 atom stereocenters. The van der Waals surface area contributed by atoms with Crippen molar-refractivity contribution in [2.24, 2.45) is 0 Å². The molecule has 0 unspecified atom stereocenters. The summed E-state index contributed by atoms with van der Waals surface area (Å²) in [5, 5.41) is 9.12. The van der Waals surface area contributed by atoms with Crippen molar-refractivity contribution in [1.29, 1.82) is 5.26 Å². The first-order valence-electron chi connectivity index (χ1n) is 4.47. The molecule has 2 aromatic rings. The van der Waals surface area contributed by atoms with Gasteiger partial charge in [-0.05, 0) is 25.1 Å². The van der Waals surface area contributed by atoms with Crippen LogP contribution < -0.4 is 10.5 Å². The maximum Gasteiger partial charge on any atom is 0.298 e. The SMILES string of the molecule is Cc1nsc(Oc2ccc(C#N)cc2N)n1. The number of benzene rings is 1. The lowest BCUT2D eigenvalue weighted by Gasteiger charge is -2.04. The van der Waals surface area contributed by atoms with Gasteiger partial charge in [0.15, 0.2) is 5.75 Å². The van der Waals surface area contributed by atoms with E-state index < -0.39 is 0 Å². The quantitative estimate of drug-likeness (QED) is 0.801. The molecule has 1 aromatic heterocycles. The van der Waals surface area contributed by atoms with E-state index in [1.807, 2.05) is 6.07 Å². The summed E-state index contributed by atoms with van der Waals surface area (Å²) in [6, 6.07) is 6.84. The highest BCUT2D eigenvalue weighted by Crippen LogP contribution is 2.28. The maximum atomic E-state index is 8.68. The van der Waals surface area contributed by atoms with Crippen molar-refractivity contribution < 1.29 is 4.74 Å². The Bertz CT molecular complexity index is 558. The lowest BCUT2D eigenvalue weighted by atomic mass is 10.2. The Labute approximate surface area is 96.3 Å². The van der Waals surface area contributed by atoms with Crippen LogP contribution in [0, 0.1) is 18.3 Å². The number of nitriles is 1. The molecule has 0 spiro atoms. The molecular formula is C10H8N4OS. The first-order valence-corrected chi connectivity index (χ1v) is 5.24. The first-order chi connectivity index (χ1) is 7.69. The number of nitrogens with two attached hydrogens (primary N) is 1. The summed E-state index contributed by atoms with van der Waals surface area (Å²) in [5.41, 5.74) is 6.64. The zero-order valence-electron chi connectivity index (χ0n) is 8.47. The summed E-state index contributed by atoms with van der Waals surface area (Å²) in [7, 11) is 0. The molecule has 0 amide bonds. The maximum absolute atomic E-state index is 8.68. The van der Waals surface area contributed by atoms with E-state index in [1.165, 1.54) is 0 Å². The molecular weight excluding hydrogens is 224 g/mol. The molecule has 5 nitrogen and oxygen atoms in total.